The Morgan fingerprint density at radius 2 is 2.15 bits per heavy atom. The van der Waals surface area contributed by atoms with Gasteiger partial charge in [-0.3, -0.25) is 9.69 Å². The highest BCUT2D eigenvalue weighted by Gasteiger charge is 2.34. The molecule has 2 unspecified atom stereocenters. The molecule has 0 aromatic heterocycles. The number of hydrogen-bond acceptors (Lipinski definition) is 4. The third kappa shape index (κ3) is 4.24. The van der Waals surface area contributed by atoms with Crippen molar-refractivity contribution in [1.29, 1.82) is 0 Å². The number of carbonyl (C=O) groups is 1. The molecular weight excluding hydrogens is 272 g/mol. The molecule has 2 fully saturated rings. The van der Waals surface area contributed by atoms with Gasteiger partial charge in [0.15, 0.2) is 0 Å². The number of carbonyl (C=O) groups excluding carboxylic acids is 1. The van der Waals surface area contributed by atoms with E-state index in [-0.39, 0.29) is 18.1 Å². The van der Waals surface area contributed by atoms with Gasteiger partial charge in [0.05, 0.1) is 12.1 Å². The number of nitrogens with zero attached hydrogens (tertiary/aromatic N) is 2. The van der Waals surface area contributed by atoms with E-state index >= 15 is 0 Å². The van der Waals surface area contributed by atoms with E-state index in [4.69, 9.17) is 0 Å². The van der Waals surface area contributed by atoms with Crippen molar-refractivity contribution in [2.75, 3.05) is 37.7 Å². The SMILES string of the molecule is C=CCCC(O)CN1CCCC1C(=O)N1CCSCC1. The van der Waals surface area contributed by atoms with Crippen molar-refractivity contribution in [1.82, 2.24) is 9.80 Å². The maximum absolute atomic E-state index is 12.6. The van der Waals surface area contributed by atoms with Gasteiger partial charge in [-0.05, 0) is 32.2 Å². The largest absolute Gasteiger partial charge is 0.392 e. The smallest absolute Gasteiger partial charge is 0.239 e. The lowest BCUT2D eigenvalue weighted by molar-refractivity contribution is -0.136. The Bertz CT molecular complexity index is 332. The molecule has 1 amide bonds. The van der Waals surface area contributed by atoms with Gasteiger partial charge in [-0.25, -0.2) is 0 Å². The number of hydrogen-bond donors (Lipinski definition) is 1. The summed E-state index contributed by atoms with van der Waals surface area (Å²) in [4.78, 5) is 16.8. The van der Waals surface area contributed by atoms with E-state index < -0.39 is 0 Å². The molecule has 114 valence electrons. The van der Waals surface area contributed by atoms with Gasteiger partial charge in [0.1, 0.15) is 0 Å². The third-order valence-electron chi connectivity index (χ3n) is 4.12. The van der Waals surface area contributed by atoms with Gasteiger partial charge in [0.25, 0.3) is 0 Å². The normalized spacial score (nSPS) is 25.6. The molecule has 0 bridgehead atoms. The number of likely N-dealkylation sites (tertiary alicyclic amines) is 1. The van der Waals surface area contributed by atoms with Crippen molar-refractivity contribution >= 4 is 17.7 Å². The summed E-state index contributed by atoms with van der Waals surface area (Å²) in [5, 5.41) is 10.0. The fourth-order valence-electron chi connectivity index (χ4n) is 2.99. The lowest BCUT2D eigenvalue weighted by Gasteiger charge is -2.33. The quantitative estimate of drug-likeness (QED) is 0.752. The zero-order valence-electron chi connectivity index (χ0n) is 12.2. The van der Waals surface area contributed by atoms with Crippen LogP contribution in [-0.2, 0) is 4.79 Å². The van der Waals surface area contributed by atoms with Crippen molar-refractivity contribution in [3.05, 3.63) is 12.7 Å². The maximum atomic E-state index is 12.6. The van der Waals surface area contributed by atoms with Crippen molar-refractivity contribution in [2.45, 2.75) is 37.8 Å². The van der Waals surface area contributed by atoms with E-state index in [0.29, 0.717) is 6.54 Å². The van der Waals surface area contributed by atoms with Crippen LogP contribution in [0, 0.1) is 0 Å². The number of allylic oxidation sites excluding steroid dienone is 1. The summed E-state index contributed by atoms with van der Waals surface area (Å²) in [7, 11) is 0. The van der Waals surface area contributed by atoms with Gasteiger partial charge in [-0.15, -0.1) is 6.58 Å². The summed E-state index contributed by atoms with van der Waals surface area (Å²) in [6.45, 7) is 7.00. The molecular formula is C15H26N2O2S. The van der Waals surface area contributed by atoms with Crippen LogP contribution >= 0.6 is 11.8 Å². The van der Waals surface area contributed by atoms with E-state index in [9.17, 15) is 9.90 Å². The number of β-amino-alcohol motifs (C(OH)–C–C–N with tert-alkyl or cyclic N) is 1. The number of aliphatic hydroxyl groups excluding tert-OH is 1. The molecule has 20 heavy (non-hydrogen) atoms. The van der Waals surface area contributed by atoms with Gasteiger partial charge < -0.3 is 10.0 Å². The van der Waals surface area contributed by atoms with Crippen LogP contribution < -0.4 is 0 Å². The summed E-state index contributed by atoms with van der Waals surface area (Å²) in [6, 6.07) is -0.00326. The molecule has 5 heteroatoms. The van der Waals surface area contributed by atoms with Crippen LogP contribution in [0.15, 0.2) is 12.7 Å². The summed E-state index contributed by atoms with van der Waals surface area (Å²) < 4.78 is 0. The molecule has 2 rings (SSSR count). The molecule has 2 saturated heterocycles. The second kappa shape index (κ2) is 8.05. The first-order valence-corrected chi connectivity index (χ1v) is 8.77. The molecule has 0 aliphatic carbocycles. The lowest BCUT2D eigenvalue weighted by Crippen LogP contribution is -2.49. The molecule has 0 saturated carbocycles. The minimum absolute atomic E-state index is 0.00326. The van der Waals surface area contributed by atoms with Crippen LogP contribution in [-0.4, -0.2) is 70.6 Å². The van der Waals surface area contributed by atoms with E-state index in [1.165, 1.54) is 0 Å². The predicted molar refractivity (Wildman–Crippen MR) is 83.9 cm³/mol. The van der Waals surface area contributed by atoms with Crippen LogP contribution in [0.1, 0.15) is 25.7 Å². The molecule has 0 aromatic rings. The molecule has 2 aliphatic heterocycles. The van der Waals surface area contributed by atoms with E-state index in [0.717, 1.165) is 56.8 Å². The Kier molecular flexibility index (Phi) is 6.39. The molecule has 2 atom stereocenters. The standard InChI is InChI=1S/C15H26N2O2S/c1-2-3-5-13(18)12-17-7-4-6-14(17)15(19)16-8-10-20-11-9-16/h2,13-14,18H,1,3-12H2. The van der Waals surface area contributed by atoms with E-state index in [1.54, 1.807) is 0 Å². The predicted octanol–water partition coefficient (Wildman–Crippen LogP) is 1.35. The van der Waals surface area contributed by atoms with Crippen molar-refractivity contribution < 1.29 is 9.90 Å². The van der Waals surface area contributed by atoms with Gasteiger partial charge in [-0.2, -0.15) is 11.8 Å². The van der Waals surface area contributed by atoms with E-state index in [1.807, 2.05) is 22.7 Å². The van der Waals surface area contributed by atoms with Crippen molar-refractivity contribution in [2.24, 2.45) is 0 Å². The number of aliphatic hydroxyl groups is 1. The van der Waals surface area contributed by atoms with Crippen LogP contribution in [0.4, 0.5) is 0 Å². The monoisotopic (exact) mass is 298 g/mol. The fourth-order valence-corrected chi connectivity index (χ4v) is 3.89. The van der Waals surface area contributed by atoms with Gasteiger partial charge in [-0.1, -0.05) is 6.08 Å². The maximum Gasteiger partial charge on any atom is 0.239 e. The van der Waals surface area contributed by atoms with Crippen LogP contribution in [0.3, 0.4) is 0 Å². The zero-order valence-corrected chi connectivity index (χ0v) is 13.0. The first kappa shape index (κ1) is 15.9. The highest BCUT2D eigenvalue weighted by atomic mass is 32.2. The molecule has 0 spiro atoms. The molecule has 4 nitrogen and oxygen atoms in total. The number of thioether (sulfide) groups is 1. The summed E-state index contributed by atoms with van der Waals surface area (Å²) in [6.07, 6.45) is 5.06. The minimum atomic E-state index is -0.349. The zero-order chi connectivity index (χ0) is 14.4. The van der Waals surface area contributed by atoms with Crippen molar-refractivity contribution in [3.8, 4) is 0 Å². The van der Waals surface area contributed by atoms with Crippen LogP contribution in [0.2, 0.25) is 0 Å². The second-order valence-electron chi connectivity index (χ2n) is 5.61. The van der Waals surface area contributed by atoms with Crippen molar-refractivity contribution in [3.63, 3.8) is 0 Å². The van der Waals surface area contributed by atoms with Crippen LogP contribution in [0.25, 0.3) is 0 Å². The minimum Gasteiger partial charge on any atom is -0.392 e. The highest BCUT2D eigenvalue weighted by Crippen LogP contribution is 2.22. The molecule has 0 aromatic carbocycles. The van der Waals surface area contributed by atoms with Crippen LogP contribution in [0.5, 0.6) is 0 Å². The molecule has 2 aliphatic rings. The average molecular weight is 298 g/mol. The number of rotatable bonds is 6. The Morgan fingerprint density at radius 3 is 2.85 bits per heavy atom. The summed E-state index contributed by atoms with van der Waals surface area (Å²) in [5.41, 5.74) is 0. The van der Waals surface area contributed by atoms with Gasteiger partial charge >= 0.3 is 0 Å². The fraction of sp³-hybridized carbons (Fsp3) is 0.800. The highest BCUT2D eigenvalue weighted by molar-refractivity contribution is 7.99. The lowest BCUT2D eigenvalue weighted by atomic mass is 10.1. The average Bonchev–Trinajstić information content (AvgIpc) is 2.93. The first-order valence-electron chi connectivity index (χ1n) is 7.62. The summed E-state index contributed by atoms with van der Waals surface area (Å²) >= 11 is 1.92. The van der Waals surface area contributed by atoms with E-state index in [2.05, 4.69) is 11.5 Å². The third-order valence-corrected chi connectivity index (χ3v) is 5.06. The second-order valence-corrected chi connectivity index (χ2v) is 6.84. The number of amides is 1. The Hall–Kier alpha value is -0.520. The van der Waals surface area contributed by atoms with Gasteiger partial charge in [0, 0.05) is 31.1 Å². The molecule has 0 radical (unpaired) electrons. The topological polar surface area (TPSA) is 43.8 Å². The first-order chi connectivity index (χ1) is 9.72. The van der Waals surface area contributed by atoms with Gasteiger partial charge in [0.2, 0.25) is 5.91 Å². The summed E-state index contributed by atoms with van der Waals surface area (Å²) in [5.74, 6) is 2.39. The molecule has 2 heterocycles. The Balaban J connectivity index is 1.85. The Morgan fingerprint density at radius 1 is 1.40 bits per heavy atom. The molecule has 1 N–H and O–H groups in total. The Labute approximate surface area is 126 Å².